The lowest BCUT2D eigenvalue weighted by Crippen LogP contribution is -2.24. The average molecular weight is 801 g/mol. The van der Waals surface area contributed by atoms with Crippen molar-refractivity contribution in [3.63, 3.8) is 0 Å². The van der Waals surface area contributed by atoms with Crippen LogP contribution in [0.3, 0.4) is 0 Å². The van der Waals surface area contributed by atoms with E-state index in [2.05, 4.69) is 31.3 Å². The van der Waals surface area contributed by atoms with Crippen LogP contribution < -0.4 is 30.7 Å². The van der Waals surface area contributed by atoms with Gasteiger partial charge in [-0.1, -0.05) is 121 Å². The molecular formula is C46H40N8O6. The zero-order valence-corrected chi connectivity index (χ0v) is 32.2. The van der Waals surface area contributed by atoms with E-state index < -0.39 is 12.2 Å². The number of benzene rings is 6. The molecule has 6 aromatic carbocycles. The Morgan fingerprint density at radius 2 is 0.783 bits per heavy atom. The van der Waals surface area contributed by atoms with Crippen molar-refractivity contribution in [2.24, 2.45) is 9.98 Å². The Bertz CT molecular complexity index is 2200. The van der Waals surface area contributed by atoms with Crippen LogP contribution in [0.25, 0.3) is 0 Å². The molecule has 0 aliphatic rings. The molecule has 0 heterocycles. The summed E-state index contributed by atoms with van der Waals surface area (Å²) in [7, 11) is 0. The molecule has 0 aromatic heterocycles. The summed E-state index contributed by atoms with van der Waals surface area (Å²) in [6.45, 7) is 1.08. The van der Waals surface area contributed by atoms with Crippen LogP contribution in [-0.2, 0) is 35.8 Å². The van der Waals surface area contributed by atoms with E-state index in [1.165, 1.54) is 0 Å². The number of para-hydroxylation sites is 2. The van der Waals surface area contributed by atoms with Gasteiger partial charge in [0.05, 0.1) is 11.4 Å². The standard InChI is InChI=1S/2C23H20N4O3/c2*24-17-26-22(30-21-9-5-2-6-10-21)27-20-13-11-18(12-14-20)15-25-23(28)29-16-19-7-3-1-4-8-19/h2*1-14H,15-16H2,(H,25,28)(H,26,27). The van der Waals surface area contributed by atoms with Crippen LogP contribution in [0.1, 0.15) is 22.3 Å². The molecule has 0 fully saturated rings. The van der Waals surface area contributed by atoms with Gasteiger partial charge in [-0.15, -0.1) is 0 Å². The number of carbonyl (C=O) groups excluding carboxylic acids is 2. The van der Waals surface area contributed by atoms with E-state index in [0.29, 0.717) is 36.0 Å². The topological polar surface area (TPSA) is 191 Å². The van der Waals surface area contributed by atoms with Gasteiger partial charge < -0.3 is 29.6 Å². The first kappa shape index (κ1) is 42.5. The monoisotopic (exact) mass is 800 g/mol. The molecule has 0 atom stereocenters. The summed E-state index contributed by atoms with van der Waals surface area (Å²) in [5, 5.41) is 28.1. The fourth-order valence-electron chi connectivity index (χ4n) is 4.96. The van der Waals surface area contributed by atoms with E-state index in [1.807, 2.05) is 134 Å². The summed E-state index contributed by atoms with van der Waals surface area (Å²) < 4.78 is 21.5. The van der Waals surface area contributed by atoms with E-state index in [1.54, 1.807) is 48.5 Å². The molecule has 300 valence electrons. The van der Waals surface area contributed by atoms with Crippen molar-refractivity contribution in [3.05, 3.63) is 192 Å². The molecule has 0 unspecified atom stereocenters. The number of nitriles is 2. The van der Waals surface area contributed by atoms with Gasteiger partial charge in [0.2, 0.25) is 0 Å². The fourth-order valence-corrected chi connectivity index (χ4v) is 4.96. The minimum Gasteiger partial charge on any atom is -0.445 e. The number of nitrogens with one attached hydrogen (secondary N) is 4. The van der Waals surface area contributed by atoms with E-state index in [0.717, 1.165) is 22.3 Å². The first-order chi connectivity index (χ1) is 29.4. The van der Waals surface area contributed by atoms with Crippen LogP contribution in [0.4, 0.5) is 21.0 Å². The minimum atomic E-state index is -0.488. The Balaban J connectivity index is 0.000000228. The van der Waals surface area contributed by atoms with E-state index in [-0.39, 0.29) is 25.3 Å². The highest BCUT2D eigenvalue weighted by molar-refractivity contribution is 5.81. The maximum Gasteiger partial charge on any atom is 0.407 e. The zero-order chi connectivity index (χ0) is 42.0. The van der Waals surface area contributed by atoms with Gasteiger partial charge in [0, 0.05) is 13.1 Å². The smallest absolute Gasteiger partial charge is 0.407 e. The third-order valence-corrected chi connectivity index (χ3v) is 7.87. The van der Waals surface area contributed by atoms with Gasteiger partial charge in [-0.25, -0.2) is 20.2 Å². The van der Waals surface area contributed by atoms with Crippen LogP contribution in [0.5, 0.6) is 11.5 Å². The number of rotatable bonds is 12. The Labute approximate surface area is 347 Å². The number of carbonyl (C=O) groups is 2. The number of aliphatic imine (C=N–C) groups is 2. The third kappa shape index (κ3) is 15.9. The lowest BCUT2D eigenvalue weighted by Gasteiger charge is -2.08. The quantitative estimate of drug-likeness (QED) is 0.0404. The molecule has 14 nitrogen and oxygen atoms in total. The molecule has 0 saturated carbocycles. The molecule has 0 aliphatic carbocycles. The summed E-state index contributed by atoms with van der Waals surface area (Å²) in [6.07, 6.45) is 2.64. The van der Waals surface area contributed by atoms with Crippen molar-refractivity contribution in [2.75, 3.05) is 0 Å². The third-order valence-electron chi connectivity index (χ3n) is 7.87. The first-order valence-corrected chi connectivity index (χ1v) is 18.5. The second-order valence-electron chi connectivity index (χ2n) is 12.3. The number of amidine groups is 2. The van der Waals surface area contributed by atoms with Crippen molar-refractivity contribution in [1.82, 2.24) is 21.3 Å². The molecular weight excluding hydrogens is 761 g/mol. The average Bonchev–Trinajstić information content (AvgIpc) is 3.29. The second-order valence-corrected chi connectivity index (χ2v) is 12.3. The van der Waals surface area contributed by atoms with Crippen LogP contribution in [0.2, 0.25) is 0 Å². The first-order valence-electron chi connectivity index (χ1n) is 18.5. The highest BCUT2D eigenvalue weighted by Gasteiger charge is 2.07. The van der Waals surface area contributed by atoms with E-state index in [4.69, 9.17) is 29.5 Å². The molecule has 0 saturated heterocycles. The van der Waals surface area contributed by atoms with Gasteiger partial charge >= 0.3 is 24.2 Å². The molecule has 6 rings (SSSR count). The summed E-state index contributed by atoms with van der Waals surface area (Å²) in [5.74, 6) is 1.13. The number of hydrogen-bond donors (Lipinski definition) is 4. The van der Waals surface area contributed by atoms with Crippen molar-refractivity contribution in [1.29, 1.82) is 10.5 Å². The second kappa shape index (κ2) is 24.1. The molecule has 0 aliphatic heterocycles. The molecule has 2 amide bonds. The summed E-state index contributed by atoms with van der Waals surface area (Å²) >= 11 is 0. The number of amides is 2. The number of alkyl carbamates (subject to hydrolysis) is 2. The predicted molar refractivity (Wildman–Crippen MR) is 226 cm³/mol. The molecule has 0 spiro atoms. The lowest BCUT2D eigenvalue weighted by atomic mass is 10.2. The Morgan fingerprint density at radius 3 is 1.12 bits per heavy atom. The van der Waals surface area contributed by atoms with Crippen molar-refractivity contribution < 1.29 is 28.5 Å². The molecule has 6 aromatic rings. The van der Waals surface area contributed by atoms with Gasteiger partial charge in [0.1, 0.15) is 24.7 Å². The molecule has 4 N–H and O–H groups in total. The lowest BCUT2D eigenvalue weighted by molar-refractivity contribution is 0.138. The Kier molecular flexibility index (Phi) is 17.1. The highest BCUT2D eigenvalue weighted by Crippen LogP contribution is 2.17. The van der Waals surface area contributed by atoms with Crippen molar-refractivity contribution in [2.45, 2.75) is 26.3 Å². The van der Waals surface area contributed by atoms with Gasteiger partial charge in [-0.05, 0) is 70.8 Å². The minimum absolute atomic E-state index is 0.0686. The summed E-state index contributed by atoms with van der Waals surface area (Å²) in [6, 6.07) is 51.5. The molecule has 60 heavy (non-hydrogen) atoms. The van der Waals surface area contributed by atoms with Gasteiger partial charge in [0.15, 0.2) is 12.4 Å². The SMILES string of the molecule is N#CNC(=Nc1ccc(CNC(=O)OCc2ccccc2)cc1)Oc1ccccc1.N#CNC(=Nc1ccc(CNC(=O)OCc2ccccc2)cc1)Oc1ccccc1. The summed E-state index contributed by atoms with van der Waals surface area (Å²) in [5.41, 5.74) is 4.80. The van der Waals surface area contributed by atoms with Gasteiger partial charge in [-0.2, -0.15) is 20.5 Å². The summed E-state index contributed by atoms with van der Waals surface area (Å²) in [4.78, 5) is 32.3. The normalized spacial score (nSPS) is 10.6. The highest BCUT2D eigenvalue weighted by atomic mass is 16.6. The maximum atomic E-state index is 11.8. The zero-order valence-electron chi connectivity index (χ0n) is 32.2. The largest absolute Gasteiger partial charge is 0.445 e. The van der Waals surface area contributed by atoms with Crippen LogP contribution in [-0.4, -0.2) is 24.2 Å². The Hall–Kier alpha value is -8.62. The maximum absolute atomic E-state index is 11.8. The molecule has 0 radical (unpaired) electrons. The Morgan fingerprint density at radius 1 is 0.450 bits per heavy atom. The number of hydrogen-bond acceptors (Lipinski definition) is 10. The van der Waals surface area contributed by atoms with Crippen LogP contribution in [0, 0.1) is 22.9 Å². The fraction of sp³-hybridized carbons (Fsp3) is 0.0870. The van der Waals surface area contributed by atoms with Crippen LogP contribution in [0.15, 0.2) is 180 Å². The van der Waals surface area contributed by atoms with E-state index in [9.17, 15) is 9.59 Å². The predicted octanol–water partition coefficient (Wildman–Crippen LogP) is 8.50. The van der Waals surface area contributed by atoms with Gasteiger partial charge in [-0.3, -0.25) is 0 Å². The van der Waals surface area contributed by atoms with Crippen molar-refractivity contribution >= 4 is 35.6 Å². The number of nitrogens with zero attached hydrogens (tertiary/aromatic N) is 4. The molecule has 0 bridgehead atoms. The van der Waals surface area contributed by atoms with Crippen molar-refractivity contribution in [3.8, 4) is 23.9 Å². The van der Waals surface area contributed by atoms with Crippen LogP contribution >= 0.6 is 0 Å². The van der Waals surface area contributed by atoms with E-state index >= 15 is 0 Å². The van der Waals surface area contributed by atoms with Gasteiger partial charge in [0.25, 0.3) is 0 Å². The number of ether oxygens (including phenoxy) is 4. The molecule has 14 heteroatoms.